The van der Waals surface area contributed by atoms with Crippen molar-refractivity contribution in [3.05, 3.63) is 71.6 Å². The number of ether oxygens (including phenoxy) is 1. The monoisotopic (exact) mass is 450 g/mol. The summed E-state index contributed by atoms with van der Waals surface area (Å²) in [6, 6.07) is 10.5. The smallest absolute Gasteiger partial charge is 0.414 e. The Morgan fingerprint density at radius 3 is 2.91 bits per heavy atom. The molecule has 5 rings (SSSR count). The summed E-state index contributed by atoms with van der Waals surface area (Å²) in [6.07, 6.45) is 2.54. The molecule has 33 heavy (non-hydrogen) atoms. The van der Waals surface area contributed by atoms with E-state index in [1.54, 1.807) is 18.3 Å². The number of nitrogens with one attached hydrogen (secondary N) is 1. The van der Waals surface area contributed by atoms with E-state index in [4.69, 9.17) is 4.74 Å². The topological polar surface area (TPSA) is 92.6 Å². The van der Waals surface area contributed by atoms with E-state index in [9.17, 15) is 9.59 Å². The first-order valence-corrected chi connectivity index (χ1v) is 10.7. The second-order valence-corrected chi connectivity index (χ2v) is 8.14. The van der Waals surface area contributed by atoms with Gasteiger partial charge in [0.25, 0.3) is 0 Å². The molecule has 0 bridgehead atoms. The summed E-state index contributed by atoms with van der Waals surface area (Å²) in [4.78, 5) is 31.0. The quantitative estimate of drug-likeness (QED) is 0.620. The number of carbonyl (C=O) groups is 2. The molecule has 10 heteroatoms. The molecule has 9 nitrogen and oxygen atoms in total. The van der Waals surface area contributed by atoms with Crippen molar-refractivity contribution in [1.82, 2.24) is 20.1 Å². The van der Waals surface area contributed by atoms with Gasteiger partial charge in [-0.3, -0.25) is 19.4 Å². The molecule has 0 saturated carbocycles. The summed E-state index contributed by atoms with van der Waals surface area (Å²) in [5.41, 5.74) is 3.88. The van der Waals surface area contributed by atoms with E-state index in [0.717, 1.165) is 17.0 Å². The molecule has 2 amide bonds. The number of rotatable bonds is 6. The highest BCUT2D eigenvalue weighted by atomic mass is 19.1. The third kappa shape index (κ3) is 4.23. The van der Waals surface area contributed by atoms with Gasteiger partial charge in [0.05, 0.1) is 55.1 Å². The van der Waals surface area contributed by atoms with Crippen molar-refractivity contribution in [3.8, 4) is 0 Å². The molecule has 170 valence electrons. The zero-order chi connectivity index (χ0) is 22.9. The molecule has 1 N–H and O–H groups in total. The number of cyclic esters (lactones) is 1. The van der Waals surface area contributed by atoms with Gasteiger partial charge in [0.2, 0.25) is 5.91 Å². The summed E-state index contributed by atoms with van der Waals surface area (Å²) in [5.74, 6) is -0.616. The molecule has 3 aromatic rings. The van der Waals surface area contributed by atoms with Gasteiger partial charge in [-0.2, -0.15) is 5.10 Å². The fourth-order valence-electron chi connectivity index (χ4n) is 4.18. The minimum absolute atomic E-state index is 0.199. The predicted octanol–water partition coefficient (Wildman–Crippen LogP) is 2.45. The van der Waals surface area contributed by atoms with Crippen LogP contribution in [0.1, 0.15) is 23.9 Å². The maximum atomic E-state index is 15.1. The summed E-state index contributed by atoms with van der Waals surface area (Å²) >= 11 is 0. The molecule has 2 aliphatic heterocycles. The first-order chi connectivity index (χ1) is 16.0. The van der Waals surface area contributed by atoms with Crippen molar-refractivity contribution < 1.29 is 18.7 Å². The molecule has 2 aliphatic rings. The van der Waals surface area contributed by atoms with Crippen LogP contribution in [-0.4, -0.2) is 46.0 Å². The Bertz CT molecular complexity index is 1200. The normalized spacial score (nSPS) is 17.3. The Hall–Kier alpha value is -3.95. The number of aromatic nitrogens is 3. The largest absolute Gasteiger partial charge is 0.442 e. The summed E-state index contributed by atoms with van der Waals surface area (Å²) in [6.45, 7) is 3.51. The van der Waals surface area contributed by atoms with Crippen molar-refractivity contribution in [1.29, 1.82) is 0 Å². The maximum Gasteiger partial charge on any atom is 0.414 e. The molecular weight excluding hydrogens is 427 g/mol. The van der Waals surface area contributed by atoms with Gasteiger partial charge in [0.15, 0.2) is 0 Å². The molecule has 1 unspecified atom stereocenters. The molecular formula is C23H23FN6O3. The molecule has 4 heterocycles. The minimum atomic E-state index is -0.555. The first kappa shape index (κ1) is 20.9. The van der Waals surface area contributed by atoms with Gasteiger partial charge in [-0.25, -0.2) is 9.18 Å². The standard InChI is InChI=1S/C23H23FN6O3/c1-15(31)26-10-19-13-29(23(32)33-19)18-5-6-21(20(24)8-18)28-11-16-9-27-30(22(16)14-28)12-17-4-2-3-7-25-17/h2-9,19H,10-14H2,1H3,(H,26,31). The van der Waals surface area contributed by atoms with E-state index < -0.39 is 18.0 Å². The average molecular weight is 450 g/mol. The van der Waals surface area contributed by atoms with Gasteiger partial charge in [-0.15, -0.1) is 0 Å². The number of pyridine rings is 1. The van der Waals surface area contributed by atoms with Crippen LogP contribution < -0.4 is 15.1 Å². The lowest BCUT2D eigenvalue weighted by Gasteiger charge is -2.21. The number of amides is 2. The Balaban J connectivity index is 1.28. The fourth-order valence-corrected chi connectivity index (χ4v) is 4.18. The van der Waals surface area contributed by atoms with E-state index >= 15 is 4.39 Å². The fraction of sp³-hybridized carbons (Fsp3) is 0.304. The Labute approximate surface area is 189 Å². The number of carbonyl (C=O) groups excluding carboxylic acids is 2. The Kier molecular flexibility index (Phi) is 5.41. The Morgan fingerprint density at radius 2 is 2.15 bits per heavy atom. The van der Waals surface area contributed by atoms with Gasteiger partial charge in [0.1, 0.15) is 11.9 Å². The van der Waals surface area contributed by atoms with Gasteiger partial charge in [-0.1, -0.05) is 6.07 Å². The highest BCUT2D eigenvalue weighted by Gasteiger charge is 2.33. The molecule has 1 fully saturated rings. The van der Waals surface area contributed by atoms with Crippen molar-refractivity contribution in [2.45, 2.75) is 32.7 Å². The van der Waals surface area contributed by atoms with Gasteiger partial charge in [0, 0.05) is 25.2 Å². The number of anilines is 2. The molecule has 0 aliphatic carbocycles. The lowest BCUT2D eigenvalue weighted by Crippen LogP contribution is -2.33. The zero-order valence-corrected chi connectivity index (χ0v) is 18.1. The van der Waals surface area contributed by atoms with E-state index in [1.807, 2.05) is 34.0 Å². The molecule has 1 aromatic carbocycles. The van der Waals surface area contributed by atoms with Crippen LogP contribution >= 0.6 is 0 Å². The average Bonchev–Trinajstić information content (AvgIpc) is 3.48. The van der Waals surface area contributed by atoms with Gasteiger partial charge < -0.3 is 15.0 Å². The number of halogens is 1. The molecule has 2 aromatic heterocycles. The first-order valence-electron chi connectivity index (χ1n) is 10.7. The van der Waals surface area contributed by atoms with Crippen LogP contribution in [0.5, 0.6) is 0 Å². The lowest BCUT2D eigenvalue weighted by molar-refractivity contribution is -0.119. The number of hydrogen-bond donors (Lipinski definition) is 1. The number of nitrogens with zero attached hydrogens (tertiary/aromatic N) is 5. The van der Waals surface area contributed by atoms with Crippen molar-refractivity contribution in [2.75, 3.05) is 22.9 Å². The predicted molar refractivity (Wildman–Crippen MR) is 118 cm³/mol. The molecule has 1 atom stereocenters. The SMILES string of the molecule is CC(=O)NCC1CN(c2ccc(N3Cc4cnn(Cc5ccccn5)c4C3)c(F)c2)C(=O)O1. The van der Waals surface area contributed by atoms with Crippen molar-refractivity contribution in [2.24, 2.45) is 0 Å². The highest BCUT2D eigenvalue weighted by Crippen LogP contribution is 2.33. The van der Waals surface area contributed by atoms with E-state index in [0.29, 0.717) is 31.0 Å². The van der Waals surface area contributed by atoms with E-state index in [1.165, 1.54) is 17.9 Å². The second kappa shape index (κ2) is 8.53. The zero-order valence-electron chi connectivity index (χ0n) is 18.1. The summed E-state index contributed by atoms with van der Waals surface area (Å²) in [5, 5.41) is 7.09. The number of hydrogen-bond acceptors (Lipinski definition) is 6. The van der Waals surface area contributed by atoms with Gasteiger partial charge in [-0.05, 0) is 30.3 Å². The highest BCUT2D eigenvalue weighted by molar-refractivity contribution is 5.90. The van der Waals surface area contributed by atoms with Crippen LogP contribution in [-0.2, 0) is 29.2 Å². The van der Waals surface area contributed by atoms with Crippen molar-refractivity contribution in [3.63, 3.8) is 0 Å². The lowest BCUT2D eigenvalue weighted by atomic mass is 10.2. The Morgan fingerprint density at radius 1 is 1.27 bits per heavy atom. The summed E-state index contributed by atoms with van der Waals surface area (Å²) in [7, 11) is 0. The minimum Gasteiger partial charge on any atom is -0.442 e. The third-order valence-corrected chi connectivity index (χ3v) is 5.81. The van der Waals surface area contributed by atoms with Crippen LogP contribution in [0.4, 0.5) is 20.6 Å². The summed E-state index contributed by atoms with van der Waals surface area (Å²) < 4.78 is 22.3. The maximum absolute atomic E-state index is 15.1. The molecule has 0 spiro atoms. The van der Waals surface area contributed by atoms with Crippen LogP contribution in [0.3, 0.4) is 0 Å². The molecule has 0 radical (unpaired) electrons. The van der Waals surface area contributed by atoms with Gasteiger partial charge >= 0.3 is 6.09 Å². The van der Waals surface area contributed by atoms with Crippen LogP contribution in [0, 0.1) is 5.82 Å². The second-order valence-electron chi connectivity index (χ2n) is 8.14. The van der Waals surface area contributed by atoms with Crippen LogP contribution in [0.25, 0.3) is 0 Å². The van der Waals surface area contributed by atoms with Crippen LogP contribution in [0.15, 0.2) is 48.8 Å². The third-order valence-electron chi connectivity index (χ3n) is 5.81. The molecule has 1 saturated heterocycles. The van der Waals surface area contributed by atoms with Crippen molar-refractivity contribution >= 4 is 23.4 Å². The van der Waals surface area contributed by atoms with Crippen LogP contribution in [0.2, 0.25) is 0 Å². The van der Waals surface area contributed by atoms with E-state index in [2.05, 4.69) is 15.4 Å². The number of fused-ring (bicyclic) bond motifs is 1. The number of benzene rings is 1. The van der Waals surface area contributed by atoms with E-state index in [-0.39, 0.29) is 19.0 Å².